The summed E-state index contributed by atoms with van der Waals surface area (Å²) < 4.78 is 45.7. The number of benzene rings is 1. The van der Waals surface area contributed by atoms with E-state index < -0.39 is 18.6 Å². The number of carbonyl (C=O) groups is 1. The Bertz CT molecular complexity index is 995. The molecule has 3 rings (SSSR count). The van der Waals surface area contributed by atoms with E-state index in [1.54, 1.807) is 36.4 Å². The molecule has 1 aromatic carbocycles. The summed E-state index contributed by atoms with van der Waals surface area (Å²) in [6, 6.07) is 10.0. The van der Waals surface area contributed by atoms with Crippen molar-refractivity contribution in [2.75, 3.05) is 17.7 Å². The summed E-state index contributed by atoms with van der Waals surface area (Å²) in [4.78, 5) is 16.2. The minimum Gasteiger partial charge on any atom is -0.492 e. The molecule has 0 atom stereocenters. The number of nitrogens with zero attached hydrogens (tertiary/aromatic N) is 4. The van der Waals surface area contributed by atoms with E-state index in [2.05, 4.69) is 20.5 Å². The van der Waals surface area contributed by atoms with Crippen molar-refractivity contribution in [1.82, 2.24) is 19.7 Å². The third-order valence-corrected chi connectivity index (χ3v) is 4.75. The zero-order valence-corrected chi connectivity index (χ0v) is 16.7. The molecule has 158 valence electrons. The lowest BCUT2D eigenvalue weighted by molar-refractivity contribution is -0.141. The van der Waals surface area contributed by atoms with E-state index in [9.17, 15) is 18.0 Å². The molecule has 0 radical (unpaired) electrons. The minimum atomic E-state index is -4.47. The molecule has 0 saturated heterocycles. The second-order valence-electron chi connectivity index (χ2n) is 6.01. The van der Waals surface area contributed by atoms with E-state index in [1.807, 2.05) is 6.92 Å². The Morgan fingerprint density at radius 1 is 1.17 bits per heavy atom. The molecular formula is C19H18F3N5O2S. The normalized spacial score (nSPS) is 11.3. The standard InChI is InChI=1S/C19H18F3N5O2S/c1-2-29-15-6-4-3-5-14(15)24-16(28)11-30-18-26-25-17(13-7-9-23-10-8-13)27(18)12-19(20,21)22/h3-10H,2,11-12H2,1H3,(H,24,28). The van der Waals surface area contributed by atoms with E-state index >= 15 is 0 Å². The topological polar surface area (TPSA) is 81.9 Å². The van der Waals surface area contributed by atoms with Gasteiger partial charge in [0.2, 0.25) is 5.91 Å². The van der Waals surface area contributed by atoms with E-state index in [4.69, 9.17) is 4.74 Å². The number of para-hydroxylation sites is 2. The van der Waals surface area contributed by atoms with Crippen LogP contribution in [0.25, 0.3) is 11.4 Å². The maximum atomic E-state index is 13.1. The Kier molecular flexibility index (Phi) is 6.93. The fourth-order valence-corrected chi connectivity index (χ4v) is 3.34. The van der Waals surface area contributed by atoms with Gasteiger partial charge in [0.25, 0.3) is 0 Å². The van der Waals surface area contributed by atoms with Crippen molar-refractivity contribution < 1.29 is 22.7 Å². The number of ether oxygens (including phenoxy) is 1. The molecule has 0 aliphatic carbocycles. The Balaban J connectivity index is 1.75. The monoisotopic (exact) mass is 437 g/mol. The summed E-state index contributed by atoms with van der Waals surface area (Å²) in [6.07, 6.45) is -1.56. The first-order chi connectivity index (χ1) is 14.4. The largest absolute Gasteiger partial charge is 0.492 e. The molecule has 0 fully saturated rings. The van der Waals surface area contributed by atoms with Gasteiger partial charge >= 0.3 is 6.18 Å². The molecule has 1 amide bonds. The first kappa shape index (κ1) is 21.6. The molecule has 1 N–H and O–H groups in total. The van der Waals surface area contributed by atoms with Crippen LogP contribution in [0, 0.1) is 0 Å². The van der Waals surface area contributed by atoms with Gasteiger partial charge in [0.1, 0.15) is 12.3 Å². The molecule has 0 saturated carbocycles. The number of hydrogen-bond donors (Lipinski definition) is 1. The van der Waals surface area contributed by atoms with Crippen LogP contribution in [-0.2, 0) is 11.3 Å². The van der Waals surface area contributed by atoms with Gasteiger partial charge in [-0.25, -0.2) is 0 Å². The number of thioether (sulfide) groups is 1. The van der Waals surface area contributed by atoms with Crippen molar-refractivity contribution in [3.05, 3.63) is 48.8 Å². The quantitative estimate of drug-likeness (QED) is 0.536. The van der Waals surface area contributed by atoms with Crippen molar-refractivity contribution >= 4 is 23.4 Å². The number of amides is 1. The molecule has 0 aliphatic heterocycles. The lowest BCUT2D eigenvalue weighted by Crippen LogP contribution is -2.20. The fourth-order valence-electron chi connectivity index (χ4n) is 2.60. The third-order valence-electron chi connectivity index (χ3n) is 3.79. The van der Waals surface area contributed by atoms with Gasteiger partial charge in [-0.2, -0.15) is 13.2 Å². The first-order valence-corrected chi connectivity index (χ1v) is 9.90. The third kappa shape index (κ3) is 5.72. The lowest BCUT2D eigenvalue weighted by atomic mass is 10.2. The smallest absolute Gasteiger partial charge is 0.406 e. The summed E-state index contributed by atoms with van der Waals surface area (Å²) in [5, 5.41) is 10.4. The highest BCUT2D eigenvalue weighted by Gasteiger charge is 2.31. The van der Waals surface area contributed by atoms with Crippen LogP contribution in [0.5, 0.6) is 5.75 Å². The van der Waals surface area contributed by atoms with Gasteiger partial charge in [-0.05, 0) is 31.2 Å². The maximum absolute atomic E-state index is 13.1. The molecule has 2 heterocycles. The first-order valence-electron chi connectivity index (χ1n) is 8.92. The number of hydrogen-bond acceptors (Lipinski definition) is 6. The molecular weight excluding hydrogens is 419 g/mol. The van der Waals surface area contributed by atoms with Gasteiger partial charge in [-0.1, -0.05) is 23.9 Å². The van der Waals surface area contributed by atoms with Crippen LogP contribution in [0.2, 0.25) is 0 Å². The summed E-state index contributed by atoms with van der Waals surface area (Å²) in [7, 11) is 0. The number of anilines is 1. The zero-order chi connectivity index (χ0) is 21.6. The number of rotatable bonds is 8. The predicted octanol–water partition coefficient (Wildman–Crippen LogP) is 4.03. The molecule has 2 aromatic heterocycles. The Morgan fingerprint density at radius 3 is 2.60 bits per heavy atom. The average molecular weight is 437 g/mol. The van der Waals surface area contributed by atoms with Crippen molar-refractivity contribution in [2.45, 2.75) is 24.8 Å². The van der Waals surface area contributed by atoms with Crippen LogP contribution in [0.3, 0.4) is 0 Å². The number of alkyl halides is 3. The van der Waals surface area contributed by atoms with Crippen molar-refractivity contribution in [3.63, 3.8) is 0 Å². The van der Waals surface area contributed by atoms with Crippen molar-refractivity contribution in [2.24, 2.45) is 0 Å². The molecule has 3 aromatic rings. The molecule has 0 bridgehead atoms. The van der Waals surface area contributed by atoms with Crippen LogP contribution in [-0.4, -0.2) is 44.2 Å². The lowest BCUT2D eigenvalue weighted by Gasteiger charge is -2.13. The van der Waals surface area contributed by atoms with Crippen LogP contribution >= 0.6 is 11.8 Å². The van der Waals surface area contributed by atoms with E-state index in [-0.39, 0.29) is 16.7 Å². The van der Waals surface area contributed by atoms with Crippen LogP contribution < -0.4 is 10.1 Å². The Morgan fingerprint density at radius 2 is 1.90 bits per heavy atom. The van der Waals surface area contributed by atoms with Crippen LogP contribution in [0.4, 0.5) is 18.9 Å². The van der Waals surface area contributed by atoms with Crippen LogP contribution in [0.15, 0.2) is 53.9 Å². The van der Waals surface area contributed by atoms with Crippen LogP contribution in [0.1, 0.15) is 6.92 Å². The summed E-state index contributed by atoms with van der Waals surface area (Å²) in [6.45, 7) is 0.983. The maximum Gasteiger partial charge on any atom is 0.406 e. The highest BCUT2D eigenvalue weighted by molar-refractivity contribution is 7.99. The van der Waals surface area contributed by atoms with Gasteiger partial charge in [-0.3, -0.25) is 14.3 Å². The predicted molar refractivity (Wildman–Crippen MR) is 106 cm³/mol. The number of pyridine rings is 1. The highest BCUT2D eigenvalue weighted by atomic mass is 32.2. The number of carbonyl (C=O) groups excluding carboxylic acids is 1. The molecule has 11 heteroatoms. The van der Waals surface area contributed by atoms with Crippen molar-refractivity contribution in [1.29, 1.82) is 0 Å². The van der Waals surface area contributed by atoms with Gasteiger partial charge in [0.15, 0.2) is 11.0 Å². The van der Waals surface area contributed by atoms with Gasteiger partial charge < -0.3 is 10.1 Å². The summed E-state index contributed by atoms with van der Waals surface area (Å²) >= 11 is 0.871. The van der Waals surface area contributed by atoms with Gasteiger partial charge in [-0.15, -0.1) is 10.2 Å². The van der Waals surface area contributed by atoms with E-state index in [0.29, 0.717) is 23.6 Å². The minimum absolute atomic E-state index is 0.00706. The second-order valence-corrected chi connectivity index (χ2v) is 6.95. The average Bonchev–Trinajstić information content (AvgIpc) is 3.09. The second kappa shape index (κ2) is 9.61. The van der Waals surface area contributed by atoms with Crippen molar-refractivity contribution in [3.8, 4) is 17.1 Å². The summed E-state index contributed by atoms with van der Waals surface area (Å²) in [5.74, 6) is 0.0179. The van der Waals surface area contributed by atoms with Gasteiger partial charge in [0, 0.05) is 18.0 Å². The molecule has 0 aliphatic rings. The number of halogens is 3. The Hall–Kier alpha value is -3.08. The SMILES string of the molecule is CCOc1ccccc1NC(=O)CSc1nnc(-c2ccncc2)n1CC(F)(F)F. The molecule has 0 spiro atoms. The Labute approximate surface area is 174 Å². The zero-order valence-electron chi connectivity index (χ0n) is 15.9. The molecule has 7 nitrogen and oxygen atoms in total. The number of nitrogens with one attached hydrogen (secondary N) is 1. The van der Waals surface area contributed by atoms with E-state index in [1.165, 1.54) is 12.4 Å². The van der Waals surface area contributed by atoms with E-state index in [0.717, 1.165) is 16.3 Å². The number of aromatic nitrogens is 4. The van der Waals surface area contributed by atoms with Gasteiger partial charge in [0.05, 0.1) is 18.0 Å². The molecule has 30 heavy (non-hydrogen) atoms. The highest BCUT2D eigenvalue weighted by Crippen LogP contribution is 2.29. The fraction of sp³-hybridized carbons (Fsp3) is 0.263. The summed E-state index contributed by atoms with van der Waals surface area (Å²) in [5.41, 5.74) is 0.933. The molecule has 0 unspecified atom stereocenters.